The minimum absolute atomic E-state index is 0.0678. The molecule has 0 amide bonds. The van der Waals surface area contributed by atoms with Crippen molar-refractivity contribution in [3.8, 4) is 0 Å². The Morgan fingerprint density at radius 1 is 1.16 bits per heavy atom. The third-order valence-electron chi connectivity index (χ3n) is 3.30. The quantitative estimate of drug-likeness (QED) is 0.666. The summed E-state index contributed by atoms with van der Waals surface area (Å²) in [6, 6.07) is 3.34. The van der Waals surface area contributed by atoms with Crippen LogP contribution in [-0.2, 0) is 0 Å². The Morgan fingerprint density at radius 3 is 2.58 bits per heavy atom. The van der Waals surface area contributed by atoms with E-state index in [0.29, 0.717) is 17.1 Å². The fourth-order valence-electron chi connectivity index (χ4n) is 2.56. The minimum atomic E-state index is -0.223. The molecule has 0 N–H and O–H groups in total. The van der Waals surface area contributed by atoms with E-state index < -0.39 is 0 Å². The molecule has 1 aliphatic carbocycles. The highest BCUT2D eigenvalue weighted by atomic mass is 16.1. The number of pyridine rings is 1. The second-order valence-electron chi connectivity index (χ2n) is 4.88. The third kappa shape index (κ3) is 1.47. The van der Waals surface area contributed by atoms with Crippen molar-refractivity contribution in [3.63, 3.8) is 0 Å². The van der Waals surface area contributed by atoms with Crippen molar-refractivity contribution in [2.45, 2.75) is 26.8 Å². The summed E-state index contributed by atoms with van der Waals surface area (Å²) in [5, 5.41) is 0. The molecular weight excluding hydrogens is 242 g/mol. The summed E-state index contributed by atoms with van der Waals surface area (Å²) in [6.45, 7) is 5.72. The van der Waals surface area contributed by atoms with Crippen LogP contribution < -0.4 is 0 Å². The van der Waals surface area contributed by atoms with Gasteiger partial charge in [-0.1, -0.05) is 0 Å². The van der Waals surface area contributed by atoms with Gasteiger partial charge in [-0.05, 0) is 32.9 Å². The topological polar surface area (TPSA) is 64.8 Å². The van der Waals surface area contributed by atoms with Crippen LogP contribution in [0.2, 0.25) is 0 Å². The summed E-state index contributed by atoms with van der Waals surface area (Å²) >= 11 is 0. The normalized spacial score (nSPS) is 13.7. The smallest absolute Gasteiger partial charge is 0.230 e. The second-order valence-corrected chi connectivity index (χ2v) is 4.88. The predicted octanol–water partition coefficient (Wildman–Crippen LogP) is 1.94. The Hall–Kier alpha value is -2.30. The van der Waals surface area contributed by atoms with E-state index in [9.17, 15) is 9.59 Å². The van der Waals surface area contributed by atoms with Gasteiger partial charge in [0.2, 0.25) is 11.6 Å². The molecule has 0 atom stereocenters. The van der Waals surface area contributed by atoms with Crippen molar-refractivity contribution in [2.24, 2.45) is 0 Å². The molecule has 2 aromatic rings. The maximum Gasteiger partial charge on any atom is 0.230 e. The van der Waals surface area contributed by atoms with Crippen molar-refractivity contribution in [1.29, 1.82) is 0 Å². The van der Waals surface area contributed by atoms with Crippen LogP contribution in [0.5, 0.6) is 0 Å². The number of ketones is 2. The van der Waals surface area contributed by atoms with Gasteiger partial charge < -0.3 is 4.57 Å². The zero-order valence-corrected chi connectivity index (χ0v) is 11.0. The number of imidazole rings is 1. The van der Waals surface area contributed by atoms with Crippen LogP contribution in [0.4, 0.5) is 0 Å². The van der Waals surface area contributed by atoms with E-state index in [4.69, 9.17) is 0 Å². The number of carbonyl (C=O) groups is 2. The average molecular weight is 255 g/mol. The summed E-state index contributed by atoms with van der Waals surface area (Å²) in [5.41, 5.74) is 1.18. The Labute approximate surface area is 110 Å². The standard InChI is InChI=1S/C14H13N3O2/c1-7(2)17-8(3)16-11-12(17)14(19)10-9(13(11)18)5-4-6-15-10/h4-7H,1-3H3. The summed E-state index contributed by atoms with van der Waals surface area (Å²) in [7, 11) is 0. The molecule has 0 radical (unpaired) electrons. The van der Waals surface area contributed by atoms with Crippen LogP contribution in [0, 0.1) is 6.92 Å². The van der Waals surface area contributed by atoms with Crippen LogP contribution in [0.1, 0.15) is 57.9 Å². The first-order valence-corrected chi connectivity index (χ1v) is 6.15. The molecule has 0 unspecified atom stereocenters. The van der Waals surface area contributed by atoms with Gasteiger partial charge in [0.25, 0.3) is 0 Å². The molecule has 0 aliphatic heterocycles. The molecule has 0 bridgehead atoms. The number of carbonyl (C=O) groups excluding carboxylic acids is 2. The molecule has 0 spiro atoms. The van der Waals surface area contributed by atoms with E-state index in [1.165, 1.54) is 6.20 Å². The van der Waals surface area contributed by atoms with Gasteiger partial charge in [-0.3, -0.25) is 14.6 Å². The van der Waals surface area contributed by atoms with Gasteiger partial charge in [0.15, 0.2) is 0 Å². The molecule has 0 aromatic carbocycles. The molecule has 0 saturated heterocycles. The van der Waals surface area contributed by atoms with E-state index in [1.807, 2.05) is 13.8 Å². The lowest BCUT2D eigenvalue weighted by molar-refractivity contribution is 0.0966. The number of nitrogens with zero attached hydrogens (tertiary/aromatic N) is 3. The number of fused-ring (bicyclic) bond motifs is 2. The molecular formula is C14H13N3O2. The Morgan fingerprint density at radius 2 is 1.89 bits per heavy atom. The zero-order chi connectivity index (χ0) is 13.7. The number of hydrogen-bond donors (Lipinski definition) is 0. The number of hydrogen-bond acceptors (Lipinski definition) is 4. The minimum Gasteiger partial charge on any atom is -0.322 e. The molecule has 3 rings (SSSR count). The summed E-state index contributed by atoms with van der Waals surface area (Å²) in [6.07, 6.45) is 1.53. The first-order chi connectivity index (χ1) is 9.02. The SMILES string of the molecule is Cc1nc2c(n1C(C)C)C(=O)c1ncccc1C2=O. The zero-order valence-electron chi connectivity index (χ0n) is 11.0. The van der Waals surface area contributed by atoms with Crippen molar-refractivity contribution in [2.75, 3.05) is 0 Å². The van der Waals surface area contributed by atoms with E-state index in [2.05, 4.69) is 9.97 Å². The fraction of sp³-hybridized carbons (Fsp3) is 0.286. The highest BCUT2D eigenvalue weighted by Crippen LogP contribution is 2.28. The molecule has 2 aromatic heterocycles. The summed E-state index contributed by atoms with van der Waals surface area (Å²) in [4.78, 5) is 33.2. The fourth-order valence-corrected chi connectivity index (χ4v) is 2.56. The monoisotopic (exact) mass is 255 g/mol. The van der Waals surface area contributed by atoms with Crippen LogP contribution in [-0.4, -0.2) is 26.1 Å². The molecule has 2 heterocycles. The highest BCUT2D eigenvalue weighted by Gasteiger charge is 2.36. The summed E-state index contributed by atoms with van der Waals surface area (Å²) in [5.74, 6) is 0.231. The largest absolute Gasteiger partial charge is 0.322 e. The van der Waals surface area contributed by atoms with Gasteiger partial charge in [0, 0.05) is 12.2 Å². The maximum atomic E-state index is 12.5. The van der Waals surface area contributed by atoms with Gasteiger partial charge in [-0.25, -0.2) is 4.98 Å². The lowest BCUT2D eigenvalue weighted by Crippen LogP contribution is -2.25. The van der Waals surface area contributed by atoms with Crippen molar-refractivity contribution < 1.29 is 9.59 Å². The Balaban J connectivity index is 2.34. The molecule has 96 valence electrons. The Bertz CT molecular complexity index is 713. The molecule has 0 saturated carbocycles. The number of aromatic nitrogens is 3. The molecule has 5 heteroatoms. The van der Waals surface area contributed by atoms with E-state index in [-0.39, 0.29) is 29.0 Å². The molecule has 1 aliphatic rings. The lowest BCUT2D eigenvalue weighted by atomic mass is 9.94. The predicted molar refractivity (Wildman–Crippen MR) is 68.5 cm³/mol. The van der Waals surface area contributed by atoms with Crippen LogP contribution in [0.3, 0.4) is 0 Å². The molecule has 5 nitrogen and oxygen atoms in total. The van der Waals surface area contributed by atoms with Gasteiger partial charge in [0.05, 0.1) is 5.56 Å². The summed E-state index contributed by atoms with van der Waals surface area (Å²) < 4.78 is 1.80. The van der Waals surface area contributed by atoms with Crippen molar-refractivity contribution in [1.82, 2.24) is 14.5 Å². The van der Waals surface area contributed by atoms with Crippen LogP contribution in [0.25, 0.3) is 0 Å². The van der Waals surface area contributed by atoms with E-state index in [0.717, 1.165) is 0 Å². The first-order valence-electron chi connectivity index (χ1n) is 6.15. The van der Waals surface area contributed by atoms with Crippen molar-refractivity contribution in [3.05, 3.63) is 46.8 Å². The van der Waals surface area contributed by atoms with Gasteiger partial charge >= 0.3 is 0 Å². The number of aryl methyl sites for hydroxylation is 1. The van der Waals surface area contributed by atoms with E-state index in [1.54, 1.807) is 23.6 Å². The van der Waals surface area contributed by atoms with Crippen molar-refractivity contribution >= 4 is 11.6 Å². The van der Waals surface area contributed by atoms with Gasteiger partial charge in [0.1, 0.15) is 22.9 Å². The van der Waals surface area contributed by atoms with Crippen LogP contribution in [0.15, 0.2) is 18.3 Å². The number of rotatable bonds is 1. The van der Waals surface area contributed by atoms with E-state index >= 15 is 0 Å². The first kappa shape index (κ1) is 11.8. The van der Waals surface area contributed by atoms with Crippen LogP contribution >= 0.6 is 0 Å². The maximum absolute atomic E-state index is 12.5. The lowest BCUT2D eigenvalue weighted by Gasteiger charge is -2.17. The molecule has 0 fully saturated rings. The highest BCUT2D eigenvalue weighted by molar-refractivity contribution is 6.26. The second kappa shape index (κ2) is 3.85. The third-order valence-corrected chi connectivity index (χ3v) is 3.30. The molecule has 19 heavy (non-hydrogen) atoms. The Kier molecular flexibility index (Phi) is 2.38. The average Bonchev–Trinajstić information content (AvgIpc) is 2.74. The van der Waals surface area contributed by atoms with Gasteiger partial charge in [-0.2, -0.15) is 0 Å². The van der Waals surface area contributed by atoms with Gasteiger partial charge in [-0.15, -0.1) is 0 Å².